The van der Waals surface area contributed by atoms with Crippen molar-refractivity contribution in [3.05, 3.63) is 24.3 Å². The molecule has 0 spiro atoms. The van der Waals surface area contributed by atoms with Gasteiger partial charge in [0.1, 0.15) is 0 Å². The highest BCUT2D eigenvalue weighted by atomic mass is 32.1. The third kappa shape index (κ3) is 5.60. The number of carbonyl (C=O) groups is 2. The molecular formula is C18H25N3O2S. The number of amides is 2. The highest BCUT2D eigenvalue weighted by molar-refractivity contribution is 7.80. The van der Waals surface area contributed by atoms with Gasteiger partial charge in [0, 0.05) is 23.2 Å². The predicted molar refractivity (Wildman–Crippen MR) is 101 cm³/mol. The predicted octanol–water partition coefficient (Wildman–Crippen LogP) is 3.67. The van der Waals surface area contributed by atoms with Gasteiger partial charge in [-0.1, -0.05) is 33.1 Å². The molecule has 5 nitrogen and oxygen atoms in total. The molecule has 1 aliphatic carbocycles. The maximum Gasteiger partial charge on any atom is 0.229 e. The summed E-state index contributed by atoms with van der Waals surface area (Å²) in [5.41, 5.74) is 1.50. The normalized spacial score (nSPS) is 15.0. The number of hydrogen-bond donors (Lipinski definition) is 3. The summed E-state index contributed by atoms with van der Waals surface area (Å²) in [5, 5.41) is 8.91. The summed E-state index contributed by atoms with van der Waals surface area (Å²) < 4.78 is 0. The number of benzene rings is 1. The van der Waals surface area contributed by atoms with Gasteiger partial charge in [0.05, 0.1) is 0 Å². The molecule has 0 heterocycles. The molecule has 0 bridgehead atoms. The van der Waals surface area contributed by atoms with Crippen molar-refractivity contribution in [2.24, 2.45) is 11.8 Å². The largest absolute Gasteiger partial charge is 0.332 e. The van der Waals surface area contributed by atoms with E-state index in [1.165, 1.54) is 6.42 Å². The minimum absolute atomic E-state index is 0.00742. The molecule has 6 heteroatoms. The Morgan fingerprint density at radius 3 is 2.08 bits per heavy atom. The standard InChI is InChI=1S/C18H25N3O2S/c1-12(2)16(22)19-14-8-10-15(11-9-14)20-18(24)21-17(23)13-6-4-3-5-7-13/h8-13H,3-7H2,1-2H3,(H,19,22)(H2,20,21,23,24). The van der Waals surface area contributed by atoms with Crippen LogP contribution in [0.1, 0.15) is 46.0 Å². The summed E-state index contributed by atoms with van der Waals surface area (Å²) in [6, 6.07) is 7.23. The zero-order valence-electron chi connectivity index (χ0n) is 14.2. The van der Waals surface area contributed by atoms with E-state index in [1.54, 1.807) is 12.1 Å². The molecule has 1 aliphatic rings. The summed E-state index contributed by atoms with van der Waals surface area (Å²) in [4.78, 5) is 23.8. The number of nitrogens with one attached hydrogen (secondary N) is 3. The van der Waals surface area contributed by atoms with Crippen LogP contribution in [0.5, 0.6) is 0 Å². The van der Waals surface area contributed by atoms with Crippen molar-refractivity contribution in [3.63, 3.8) is 0 Å². The Bertz CT molecular complexity index is 593. The first-order valence-corrected chi connectivity index (χ1v) is 8.89. The monoisotopic (exact) mass is 347 g/mol. The highest BCUT2D eigenvalue weighted by Gasteiger charge is 2.21. The molecule has 1 aromatic rings. The van der Waals surface area contributed by atoms with Crippen LogP contribution in [0.3, 0.4) is 0 Å². The number of thiocarbonyl (C=S) groups is 1. The van der Waals surface area contributed by atoms with E-state index in [2.05, 4.69) is 16.0 Å². The van der Waals surface area contributed by atoms with Gasteiger partial charge in [-0.15, -0.1) is 0 Å². The maximum absolute atomic E-state index is 12.2. The van der Waals surface area contributed by atoms with Crippen LogP contribution in [0.15, 0.2) is 24.3 Å². The van der Waals surface area contributed by atoms with E-state index in [4.69, 9.17) is 12.2 Å². The van der Waals surface area contributed by atoms with Gasteiger partial charge in [0.2, 0.25) is 11.8 Å². The van der Waals surface area contributed by atoms with Gasteiger partial charge >= 0.3 is 0 Å². The number of anilines is 2. The molecular weight excluding hydrogens is 322 g/mol. The van der Waals surface area contributed by atoms with Gasteiger partial charge in [0.15, 0.2) is 5.11 Å². The van der Waals surface area contributed by atoms with Crippen LogP contribution >= 0.6 is 12.2 Å². The molecule has 0 aromatic heterocycles. The lowest BCUT2D eigenvalue weighted by atomic mass is 9.89. The summed E-state index contributed by atoms with van der Waals surface area (Å²) in [7, 11) is 0. The van der Waals surface area contributed by atoms with Crippen molar-refractivity contribution in [2.45, 2.75) is 46.0 Å². The molecule has 1 aromatic carbocycles. The van der Waals surface area contributed by atoms with E-state index in [1.807, 2.05) is 26.0 Å². The van der Waals surface area contributed by atoms with Crippen LogP contribution in [-0.4, -0.2) is 16.9 Å². The molecule has 24 heavy (non-hydrogen) atoms. The third-order valence-electron chi connectivity index (χ3n) is 4.15. The van der Waals surface area contributed by atoms with Gasteiger partial charge < -0.3 is 16.0 Å². The molecule has 1 fully saturated rings. The van der Waals surface area contributed by atoms with Crippen LogP contribution in [-0.2, 0) is 9.59 Å². The smallest absolute Gasteiger partial charge is 0.229 e. The second kappa shape index (κ2) is 8.78. The van der Waals surface area contributed by atoms with Crippen molar-refractivity contribution >= 4 is 40.5 Å². The molecule has 2 rings (SSSR count). The van der Waals surface area contributed by atoms with E-state index < -0.39 is 0 Å². The second-order valence-electron chi connectivity index (χ2n) is 6.50. The number of hydrogen-bond acceptors (Lipinski definition) is 3. The molecule has 0 radical (unpaired) electrons. The van der Waals surface area contributed by atoms with Gasteiger partial charge in [-0.25, -0.2) is 0 Å². The van der Waals surface area contributed by atoms with Crippen molar-refractivity contribution < 1.29 is 9.59 Å². The van der Waals surface area contributed by atoms with Crippen molar-refractivity contribution in [3.8, 4) is 0 Å². The van der Waals surface area contributed by atoms with Crippen molar-refractivity contribution in [1.82, 2.24) is 5.32 Å². The summed E-state index contributed by atoms with van der Waals surface area (Å²) in [5.74, 6) is -0.00325. The van der Waals surface area contributed by atoms with E-state index in [0.29, 0.717) is 5.11 Å². The van der Waals surface area contributed by atoms with Crippen LogP contribution in [0, 0.1) is 11.8 Å². The van der Waals surface area contributed by atoms with E-state index in [0.717, 1.165) is 37.1 Å². The Morgan fingerprint density at radius 2 is 1.54 bits per heavy atom. The van der Waals surface area contributed by atoms with Crippen LogP contribution < -0.4 is 16.0 Å². The molecule has 0 aliphatic heterocycles. The summed E-state index contributed by atoms with van der Waals surface area (Å²) in [6.07, 6.45) is 5.33. The highest BCUT2D eigenvalue weighted by Crippen LogP contribution is 2.23. The van der Waals surface area contributed by atoms with Crippen LogP contribution in [0.4, 0.5) is 11.4 Å². The zero-order chi connectivity index (χ0) is 17.5. The minimum Gasteiger partial charge on any atom is -0.332 e. The van der Waals surface area contributed by atoms with Crippen molar-refractivity contribution in [1.29, 1.82) is 0 Å². The van der Waals surface area contributed by atoms with Gasteiger partial charge in [-0.2, -0.15) is 0 Å². The first kappa shape index (κ1) is 18.4. The lowest BCUT2D eigenvalue weighted by Gasteiger charge is -2.21. The molecule has 0 unspecified atom stereocenters. The van der Waals surface area contributed by atoms with E-state index in [9.17, 15) is 9.59 Å². The Labute approximate surface area is 148 Å². The Balaban J connectivity index is 1.83. The molecule has 130 valence electrons. The first-order chi connectivity index (χ1) is 11.5. The van der Waals surface area contributed by atoms with E-state index >= 15 is 0 Å². The SMILES string of the molecule is CC(C)C(=O)Nc1ccc(NC(=S)NC(=O)C2CCCCC2)cc1. The third-order valence-corrected chi connectivity index (χ3v) is 4.35. The Kier molecular flexibility index (Phi) is 6.73. The molecule has 0 atom stereocenters. The average Bonchev–Trinajstić information content (AvgIpc) is 2.57. The quantitative estimate of drug-likeness (QED) is 0.727. The molecule has 2 amide bonds. The zero-order valence-corrected chi connectivity index (χ0v) is 15.0. The lowest BCUT2D eigenvalue weighted by Crippen LogP contribution is -2.38. The maximum atomic E-state index is 12.2. The number of carbonyl (C=O) groups excluding carboxylic acids is 2. The molecule has 0 saturated heterocycles. The van der Waals surface area contributed by atoms with Crippen LogP contribution in [0.25, 0.3) is 0 Å². The summed E-state index contributed by atoms with van der Waals surface area (Å²) in [6.45, 7) is 3.69. The van der Waals surface area contributed by atoms with Gasteiger partial charge in [-0.3, -0.25) is 9.59 Å². The topological polar surface area (TPSA) is 70.2 Å². The van der Waals surface area contributed by atoms with Crippen molar-refractivity contribution in [2.75, 3.05) is 10.6 Å². The average molecular weight is 347 g/mol. The fourth-order valence-electron chi connectivity index (χ4n) is 2.66. The molecule has 1 saturated carbocycles. The first-order valence-electron chi connectivity index (χ1n) is 8.48. The molecule has 3 N–H and O–H groups in total. The Hall–Kier alpha value is -1.95. The minimum atomic E-state index is -0.0645. The number of rotatable bonds is 4. The summed E-state index contributed by atoms with van der Waals surface area (Å²) >= 11 is 5.21. The van der Waals surface area contributed by atoms with Gasteiger partial charge in [0.25, 0.3) is 0 Å². The fraction of sp³-hybridized carbons (Fsp3) is 0.500. The van der Waals surface area contributed by atoms with Gasteiger partial charge in [-0.05, 0) is 49.3 Å². The Morgan fingerprint density at radius 1 is 1.00 bits per heavy atom. The van der Waals surface area contributed by atoms with E-state index in [-0.39, 0.29) is 23.7 Å². The second-order valence-corrected chi connectivity index (χ2v) is 6.91. The fourth-order valence-corrected chi connectivity index (χ4v) is 2.88. The van der Waals surface area contributed by atoms with Crippen LogP contribution in [0.2, 0.25) is 0 Å². The lowest BCUT2D eigenvalue weighted by molar-refractivity contribution is -0.124.